The van der Waals surface area contributed by atoms with E-state index in [0.717, 1.165) is 38.6 Å². The molecule has 5 unspecified atom stereocenters. The number of hydrogen-bond acceptors (Lipinski definition) is 3. The average molecular weight is 324 g/mol. The summed E-state index contributed by atoms with van der Waals surface area (Å²) in [6, 6.07) is 0.262. The highest BCUT2D eigenvalue weighted by atomic mass is 16.7. The molecule has 0 aliphatic carbocycles. The van der Waals surface area contributed by atoms with E-state index in [-0.39, 0.29) is 12.3 Å². The maximum Gasteiger partial charge on any atom is 0.173 e. The lowest BCUT2D eigenvalue weighted by Gasteiger charge is -2.47. The second kappa shape index (κ2) is 11.8. The third kappa shape index (κ3) is 6.06. The Kier molecular flexibility index (Phi) is 10.5. The molecule has 0 saturated carbocycles. The van der Waals surface area contributed by atoms with Gasteiger partial charge in [-0.3, -0.25) is 0 Å². The normalized spacial score (nSPS) is 31.0. The predicted molar refractivity (Wildman–Crippen MR) is 98.5 cm³/mol. The largest absolute Gasteiger partial charge is 0.354 e. The summed E-state index contributed by atoms with van der Waals surface area (Å²) in [5.74, 6) is 1.16. The van der Waals surface area contributed by atoms with Crippen molar-refractivity contribution in [3.8, 4) is 0 Å². The van der Waals surface area contributed by atoms with Crippen LogP contribution >= 0.6 is 0 Å². The summed E-state index contributed by atoms with van der Waals surface area (Å²) in [5, 5.41) is 3.66. The fourth-order valence-corrected chi connectivity index (χ4v) is 3.86. The van der Waals surface area contributed by atoms with Crippen molar-refractivity contribution in [2.75, 3.05) is 13.7 Å². The number of hydrogen-bond donors (Lipinski definition) is 1. The first kappa shape index (κ1) is 20.4. The van der Waals surface area contributed by atoms with Crippen molar-refractivity contribution in [2.24, 2.45) is 11.8 Å². The van der Waals surface area contributed by atoms with Crippen LogP contribution in [0.1, 0.15) is 58.8 Å². The van der Waals surface area contributed by atoms with E-state index >= 15 is 0 Å². The molecule has 1 rings (SSSR count). The number of methoxy groups -OCH3 is 1. The molecule has 1 heterocycles. The van der Waals surface area contributed by atoms with Crippen molar-refractivity contribution >= 4 is 0 Å². The monoisotopic (exact) mass is 323 g/mol. The van der Waals surface area contributed by atoms with Crippen molar-refractivity contribution in [3.63, 3.8) is 0 Å². The van der Waals surface area contributed by atoms with Crippen LogP contribution in [-0.2, 0) is 9.47 Å². The van der Waals surface area contributed by atoms with E-state index < -0.39 is 0 Å². The van der Waals surface area contributed by atoms with Crippen LogP contribution in [0.15, 0.2) is 25.3 Å². The third-order valence-corrected chi connectivity index (χ3v) is 5.07. The number of allylic oxidation sites excluding steroid dienone is 1. The molecule has 5 atom stereocenters. The number of unbranched alkanes of at least 4 members (excludes halogenated alkanes) is 1. The summed E-state index contributed by atoms with van der Waals surface area (Å²) in [5.41, 5.74) is 0. The van der Waals surface area contributed by atoms with E-state index in [9.17, 15) is 0 Å². The lowest BCUT2D eigenvalue weighted by Crippen LogP contribution is -2.57. The zero-order chi connectivity index (χ0) is 17.1. The van der Waals surface area contributed by atoms with Crippen LogP contribution in [0.25, 0.3) is 0 Å². The van der Waals surface area contributed by atoms with E-state index in [0.29, 0.717) is 17.9 Å². The van der Waals surface area contributed by atoms with Gasteiger partial charge in [-0.05, 0) is 44.1 Å². The van der Waals surface area contributed by atoms with Gasteiger partial charge in [-0.1, -0.05) is 45.3 Å². The van der Waals surface area contributed by atoms with E-state index in [1.165, 1.54) is 12.8 Å². The van der Waals surface area contributed by atoms with Gasteiger partial charge < -0.3 is 14.8 Å². The van der Waals surface area contributed by atoms with Gasteiger partial charge in [0, 0.05) is 7.11 Å². The van der Waals surface area contributed by atoms with Crippen molar-refractivity contribution in [2.45, 2.75) is 77.2 Å². The molecular weight excluding hydrogens is 286 g/mol. The van der Waals surface area contributed by atoms with Crippen LogP contribution in [0.2, 0.25) is 0 Å². The van der Waals surface area contributed by atoms with Gasteiger partial charge >= 0.3 is 0 Å². The highest BCUT2D eigenvalue weighted by Gasteiger charge is 2.43. The van der Waals surface area contributed by atoms with E-state index in [2.05, 4.69) is 32.3 Å². The smallest absolute Gasteiger partial charge is 0.173 e. The summed E-state index contributed by atoms with van der Waals surface area (Å²) >= 11 is 0. The summed E-state index contributed by atoms with van der Waals surface area (Å²) in [4.78, 5) is 0. The van der Waals surface area contributed by atoms with Crippen LogP contribution in [0.5, 0.6) is 0 Å². The Bertz CT molecular complexity index is 332. The van der Waals surface area contributed by atoms with Crippen molar-refractivity contribution in [1.82, 2.24) is 5.32 Å². The second-order valence-electron chi connectivity index (χ2n) is 6.58. The highest BCUT2D eigenvalue weighted by molar-refractivity contribution is 4.93. The Labute approximate surface area is 143 Å². The number of rotatable bonds is 12. The quantitative estimate of drug-likeness (QED) is 0.417. The van der Waals surface area contributed by atoms with Gasteiger partial charge in [0.1, 0.15) is 0 Å². The van der Waals surface area contributed by atoms with Crippen LogP contribution in [0.4, 0.5) is 0 Å². The summed E-state index contributed by atoms with van der Waals surface area (Å²) in [7, 11) is 1.76. The highest BCUT2D eigenvalue weighted by Crippen LogP contribution is 2.38. The van der Waals surface area contributed by atoms with Gasteiger partial charge in [0.2, 0.25) is 0 Å². The first-order valence-electron chi connectivity index (χ1n) is 9.36. The van der Waals surface area contributed by atoms with Crippen molar-refractivity contribution in [3.05, 3.63) is 25.3 Å². The van der Waals surface area contributed by atoms with Gasteiger partial charge in [0.15, 0.2) is 6.29 Å². The van der Waals surface area contributed by atoms with Crippen LogP contribution in [0.3, 0.4) is 0 Å². The molecular formula is C20H37NO2. The number of ether oxygens (including phenoxy) is 2. The molecule has 1 aliphatic heterocycles. The first-order valence-corrected chi connectivity index (χ1v) is 9.36. The Morgan fingerprint density at radius 3 is 2.39 bits per heavy atom. The molecule has 0 aromatic heterocycles. The summed E-state index contributed by atoms with van der Waals surface area (Å²) < 4.78 is 12.1. The molecule has 0 amide bonds. The maximum atomic E-state index is 6.38. The molecule has 0 bridgehead atoms. The minimum atomic E-state index is -0.147. The minimum absolute atomic E-state index is 0.147. The van der Waals surface area contributed by atoms with Gasteiger partial charge in [-0.2, -0.15) is 0 Å². The zero-order valence-electron chi connectivity index (χ0n) is 15.4. The Balaban J connectivity index is 2.87. The summed E-state index contributed by atoms with van der Waals surface area (Å²) in [6.45, 7) is 13.2. The van der Waals surface area contributed by atoms with E-state index in [4.69, 9.17) is 9.47 Å². The molecule has 3 heteroatoms. The zero-order valence-corrected chi connectivity index (χ0v) is 15.4. The Hall–Kier alpha value is -0.640. The first-order chi connectivity index (χ1) is 11.2. The lowest BCUT2D eigenvalue weighted by molar-refractivity contribution is -0.232. The molecule has 0 spiro atoms. The molecule has 0 aromatic rings. The Morgan fingerprint density at radius 1 is 1.09 bits per heavy atom. The fourth-order valence-electron chi connectivity index (χ4n) is 3.86. The number of nitrogens with one attached hydrogen (secondary N) is 1. The van der Waals surface area contributed by atoms with Gasteiger partial charge in [0.25, 0.3) is 0 Å². The molecule has 1 aliphatic rings. The fraction of sp³-hybridized carbons (Fsp3) is 0.800. The average Bonchev–Trinajstić information content (AvgIpc) is 2.58. The SMILES string of the molecule is C=CCCNC1C(OC)OC(CCCC)C(CCC=C)C1CC. The van der Waals surface area contributed by atoms with Crippen LogP contribution < -0.4 is 5.32 Å². The molecule has 0 aromatic carbocycles. The molecule has 0 radical (unpaired) electrons. The van der Waals surface area contributed by atoms with Crippen molar-refractivity contribution in [1.29, 1.82) is 0 Å². The predicted octanol–water partition coefficient (Wildman–Crippen LogP) is 4.69. The van der Waals surface area contributed by atoms with Gasteiger partial charge in [0.05, 0.1) is 12.1 Å². The van der Waals surface area contributed by atoms with Crippen LogP contribution in [-0.4, -0.2) is 32.1 Å². The third-order valence-electron chi connectivity index (χ3n) is 5.07. The molecule has 1 fully saturated rings. The topological polar surface area (TPSA) is 30.5 Å². The van der Waals surface area contributed by atoms with Crippen LogP contribution in [0, 0.1) is 11.8 Å². The molecule has 1 N–H and O–H groups in total. The van der Waals surface area contributed by atoms with Gasteiger partial charge in [-0.15, -0.1) is 13.2 Å². The molecule has 23 heavy (non-hydrogen) atoms. The summed E-state index contributed by atoms with van der Waals surface area (Å²) in [6.07, 6.45) is 12.1. The van der Waals surface area contributed by atoms with E-state index in [1.54, 1.807) is 7.11 Å². The minimum Gasteiger partial charge on any atom is -0.354 e. The van der Waals surface area contributed by atoms with Gasteiger partial charge in [-0.25, -0.2) is 0 Å². The Morgan fingerprint density at radius 2 is 1.83 bits per heavy atom. The standard InChI is InChI=1S/C20H37NO2/c1-6-10-13-17-16(9-4)19(21-15-12-8-3)20(22-5)23-18(17)14-11-7-2/h6,8,16-21H,1,3,7,9-15H2,2,4-5H3. The lowest BCUT2D eigenvalue weighted by atomic mass is 9.74. The maximum absolute atomic E-state index is 6.38. The molecule has 1 saturated heterocycles. The molecule has 134 valence electrons. The second-order valence-corrected chi connectivity index (χ2v) is 6.58. The van der Waals surface area contributed by atoms with Crippen molar-refractivity contribution < 1.29 is 9.47 Å². The molecule has 3 nitrogen and oxygen atoms in total. The van der Waals surface area contributed by atoms with E-state index in [1.807, 2.05) is 12.2 Å².